The average molecular weight is 1560 g/mol. The van der Waals surface area contributed by atoms with Crippen molar-refractivity contribution in [2.75, 3.05) is 166 Å². The molecule has 23 nitrogen and oxygen atoms in total. The fraction of sp³-hybridized carbons (Fsp3) is 0.310. The van der Waals surface area contributed by atoms with Crippen LogP contribution in [0.1, 0.15) is 68.5 Å². The van der Waals surface area contributed by atoms with Crippen LogP contribution in [0.5, 0.6) is 57.5 Å². The molecule has 0 aliphatic carbocycles. The number of aliphatic hydroxyl groups excluding tert-OH is 1. The van der Waals surface area contributed by atoms with E-state index in [0.29, 0.717) is 121 Å². The summed E-state index contributed by atoms with van der Waals surface area (Å²) in [4.78, 5) is 2.08. The summed E-state index contributed by atoms with van der Waals surface area (Å²) in [7, 11) is 12.2. The molecule has 0 spiro atoms. The lowest BCUT2D eigenvalue weighted by atomic mass is 10.0. The standard InChI is InChI=1S/3C15H18N2O2.C11H18N2O.2C11H17NO2.C9H10F3NO/c1-18-14-8-12(16)5-3-10(14)7-11-4-6-13(17)9-15(11)19-2;1-18-14-8-10(3-5-12(14)16)7-11-4-6-13(17)15(9-11)19-2;1-11-6-7-13(17)15(10-11)19-9-8-18-14-5-3-2-4-12(14)16;1-9-4-5-10(12)11(8-9)14-7-6-13(2)3;1-9-4-5-10(12)11(8-9)14-7-3-6-13-2;1-8-4-5-10(12)9(2)11(8)14-7-3-6-13;1-6-2-3-7(13)8(4-6)14-5-9(10,11)12/h2*3-6,8-9H,7,16-17H2,1-2H3;2-7,10H,8-9,16-17H2,1H3;4-5,8H,6-7,12H2,1-3H3;4-5,8H,3,6-7,12H2,1-2H3;4-5,13H,3,6-7,12H2,1-2H3;2-4H,5,13H2,1H3. The van der Waals surface area contributed by atoms with E-state index in [9.17, 15) is 13.2 Å². The van der Waals surface area contributed by atoms with Crippen molar-refractivity contribution in [3.8, 4) is 57.5 Å². The molecule has 0 unspecified atom stereocenters. The summed E-state index contributed by atoms with van der Waals surface area (Å²) in [5.41, 5.74) is 74.3. The first-order chi connectivity index (χ1) is 53.8. The zero-order valence-corrected chi connectivity index (χ0v) is 67.3. The van der Waals surface area contributed by atoms with E-state index in [0.717, 1.165) is 104 Å². The van der Waals surface area contributed by atoms with E-state index in [-0.39, 0.29) is 18.0 Å². The van der Waals surface area contributed by atoms with Gasteiger partial charge in [0.1, 0.15) is 77.3 Å². The van der Waals surface area contributed by atoms with Crippen molar-refractivity contribution in [2.45, 2.75) is 73.4 Å². The van der Waals surface area contributed by atoms with Gasteiger partial charge in [-0.1, -0.05) is 66.7 Å². The zero-order valence-electron chi connectivity index (χ0n) is 67.3. The van der Waals surface area contributed by atoms with Gasteiger partial charge in [0, 0.05) is 80.9 Å². The number of methoxy groups -OCH3 is 5. The molecule has 0 atom stereocenters. The van der Waals surface area contributed by atoms with Crippen LogP contribution in [0.2, 0.25) is 0 Å². The normalized spacial score (nSPS) is 10.4. The number of hydrogen-bond donors (Lipinski definition) is 11. The molecule has 26 heteroatoms. The van der Waals surface area contributed by atoms with Crippen molar-refractivity contribution >= 4 is 56.9 Å². The monoisotopic (exact) mass is 1560 g/mol. The minimum Gasteiger partial charge on any atom is -0.496 e. The van der Waals surface area contributed by atoms with Crippen molar-refractivity contribution in [2.24, 2.45) is 0 Å². The maximum absolute atomic E-state index is 11.8. The molecule has 10 aromatic rings. The summed E-state index contributed by atoms with van der Waals surface area (Å²) < 4.78 is 93.8. The third-order valence-corrected chi connectivity index (χ3v) is 16.3. The van der Waals surface area contributed by atoms with Gasteiger partial charge in [0.15, 0.2) is 6.61 Å². The van der Waals surface area contributed by atoms with E-state index < -0.39 is 12.8 Å². The minimum absolute atomic E-state index is 0.0716. The molecule has 0 aromatic heterocycles. The van der Waals surface area contributed by atoms with Crippen molar-refractivity contribution in [3.05, 3.63) is 238 Å². The van der Waals surface area contributed by atoms with Gasteiger partial charge in [-0.05, 0) is 215 Å². The highest BCUT2D eigenvalue weighted by atomic mass is 19.4. The third-order valence-electron chi connectivity index (χ3n) is 16.3. The van der Waals surface area contributed by atoms with E-state index in [1.807, 2.05) is 206 Å². The van der Waals surface area contributed by atoms with Gasteiger partial charge < -0.3 is 119 Å². The maximum atomic E-state index is 11.8. The van der Waals surface area contributed by atoms with Gasteiger partial charge >= 0.3 is 6.18 Å². The minimum atomic E-state index is -4.34. The maximum Gasteiger partial charge on any atom is 0.422 e. The smallest absolute Gasteiger partial charge is 0.422 e. The van der Waals surface area contributed by atoms with E-state index >= 15 is 0 Å². The summed E-state index contributed by atoms with van der Waals surface area (Å²) >= 11 is 0. The van der Waals surface area contributed by atoms with Crippen LogP contribution in [0.3, 0.4) is 0 Å². The third kappa shape index (κ3) is 34.8. The number of alkyl halides is 3. The van der Waals surface area contributed by atoms with Gasteiger partial charge in [0.25, 0.3) is 0 Å². The fourth-order valence-electron chi connectivity index (χ4n) is 10.2. The summed E-state index contributed by atoms with van der Waals surface area (Å²) in [6.45, 7) is 14.8. The number of nitrogen functional groups attached to an aromatic ring is 10. The first-order valence-corrected chi connectivity index (χ1v) is 36.2. The number of ether oxygens (including phenoxy) is 11. The average Bonchev–Trinajstić information content (AvgIpc) is 0.837. The summed E-state index contributed by atoms with van der Waals surface area (Å²) in [6, 6.07) is 56.0. The van der Waals surface area contributed by atoms with Crippen LogP contribution >= 0.6 is 0 Å². The molecule has 113 heavy (non-hydrogen) atoms. The molecule has 612 valence electrons. The number of nitrogens with zero attached hydrogens (tertiary/aromatic N) is 1. The largest absolute Gasteiger partial charge is 0.496 e. The molecule has 10 rings (SSSR count). The number of hydrogen-bond acceptors (Lipinski definition) is 23. The van der Waals surface area contributed by atoms with Gasteiger partial charge in [0.2, 0.25) is 0 Å². The van der Waals surface area contributed by atoms with Crippen LogP contribution in [-0.4, -0.2) is 125 Å². The van der Waals surface area contributed by atoms with Crippen molar-refractivity contribution in [3.63, 3.8) is 0 Å². The Balaban J connectivity index is 0.000000279. The number of aryl methyl sites for hydroxylation is 5. The molecule has 10 aromatic carbocycles. The van der Waals surface area contributed by atoms with Crippen LogP contribution in [0, 0.1) is 41.5 Å². The highest BCUT2D eigenvalue weighted by Gasteiger charge is 2.29. The molecular formula is C87H116F3N11O12. The molecule has 0 radical (unpaired) electrons. The second-order valence-corrected chi connectivity index (χ2v) is 26.2. The second kappa shape index (κ2) is 49.2. The fourth-order valence-corrected chi connectivity index (χ4v) is 10.2. The van der Waals surface area contributed by atoms with Gasteiger partial charge in [-0.25, -0.2) is 0 Å². The van der Waals surface area contributed by atoms with Gasteiger partial charge in [-0.3, -0.25) is 0 Å². The molecule has 0 saturated carbocycles. The Morgan fingerprint density at radius 1 is 0.345 bits per heavy atom. The Bertz CT molecular complexity index is 4390. The second-order valence-electron chi connectivity index (χ2n) is 26.2. The molecule has 0 fully saturated rings. The first kappa shape index (κ1) is 93.3. The Hall–Kier alpha value is -12.1. The lowest BCUT2D eigenvalue weighted by Crippen LogP contribution is -2.19. The van der Waals surface area contributed by atoms with Crippen LogP contribution in [0.25, 0.3) is 0 Å². The van der Waals surface area contributed by atoms with Crippen molar-refractivity contribution < 1.29 is 70.4 Å². The number of likely N-dealkylation sites (N-methyl/N-ethyl adjacent to an activating group) is 1. The molecule has 0 aliphatic rings. The molecular weight excluding hydrogens is 1450 g/mol. The number of aliphatic hydroxyl groups is 1. The Morgan fingerprint density at radius 3 is 1.14 bits per heavy atom. The predicted molar refractivity (Wildman–Crippen MR) is 455 cm³/mol. The van der Waals surface area contributed by atoms with Crippen molar-refractivity contribution in [1.82, 2.24) is 4.90 Å². The number of para-hydroxylation sites is 2. The van der Waals surface area contributed by atoms with E-state index in [1.165, 1.54) is 17.7 Å². The topological polar surface area (TPSA) is 385 Å². The van der Waals surface area contributed by atoms with Crippen molar-refractivity contribution in [1.29, 1.82) is 0 Å². The summed E-state index contributed by atoms with van der Waals surface area (Å²) in [5.74, 6) is 6.76. The Kier molecular flexibility index (Phi) is 40.6. The lowest BCUT2D eigenvalue weighted by molar-refractivity contribution is -0.153. The predicted octanol–water partition coefficient (Wildman–Crippen LogP) is 15.2. The Morgan fingerprint density at radius 2 is 0.726 bits per heavy atom. The highest BCUT2D eigenvalue weighted by molar-refractivity contribution is 5.61. The van der Waals surface area contributed by atoms with E-state index in [2.05, 4.69) is 9.64 Å². The summed E-state index contributed by atoms with van der Waals surface area (Å²) in [5, 5.41) is 8.63. The van der Waals surface area contributed by atoms with Gasteiger partial charge in [0.05, 0.1) is 81.5 Å². The summed E-state index contributed by atoms with van der Waals surface area (Å²) in [6.07, 6.45) is -1.34. The first-order valence-electron chi connectivity index (χ1n) is 36.2. The zero-order chi connectivity index (χ0) is 83.6. The van der Waals surface area contributed by atoms with Crippen LogP contribution < -0.4 is 105 Å². The Labute approximate surface area is 664 Å². The highest BCUT2D eigenvalue weighted by Crippen LogP contribution is 2.33. The van der Waals surface area contributed by atoms with Gasteiger partial charge in [-0.2, -0.15) is 13.2 Å². The number of rotatable bonds is 28. The van der Waals surface area contributed by atoms with E-state index in [1.54, 1.807) is 54.6 Å². The quantitative estimate of drug-likeness (QED) is 0.0160. The van der Waals surface area contributed by atoms with Gasteiger partial charge in [-0.15, -0.1) is 0 Å². The molecule has 0 bridgehead atoms. The SMILES string of the molecule is COCCCOc1cc(C)ccc1N.COc1cc(Cc2ccc(N)c(OC)c2)ccc1N.COc1cc(N)ccc1Cc1ccc(N)cc1OC.Cc1ccc(N)c(C)c1OCCCO.Cc1ccc(N)c(OCC(F)(F)F)c1.Cc1ccc(N)c(OCCN(C)C)c1.Cc1ccc(N)c(OCCOc2ccccc2N)c1. The lowest BCUT2D eigenvalue weighted by Gasteiger charge is -2.13. The van der Waals surface area contributed by atoms with Crippen LogP contribution in [-0.2, 0) is 17.6 Å². The van der Waals surface area contributed by atoms with Crippen LogP contribution in [0.15, 0.2) is 182 Å². The van der Waals surface area contributed by atoms with E-state index in [4.69, 9.17) is 110 Å². The number of anilines is 10. The molecule has 21 N–H and O–H groups in total. The number of benzene rings is 10. The molecule has 0 saturated heterocycles. The molecule has 0 heterocycles. The molecule has 0 aliphatic heterocycles. The number of nitrogens with two attached hydrogens (primary N) is 10. The molecule has 0 amide bonds. The number of halogens is 3. The van der Waals surface area contributed by atoms with Crippen LogP contribution in [0.4, 0.5) is 70.0 Å².